The van der Waals surface area contributed by atoms with Crippen LogP contribution in [0.1, 0.15) is 29.7 Å². The van der Waals surface area contributed by atoms with E-state index in [1.54, 1.807) is 24.3 Å². The molecule has 0 radical (unpaired) electrons. The average molecular weight is 457 g/mol. The Morgan fingerprint density at radius 2 is 1.68 bits per heavy atom. The minimum absolute atomic E-state index is 0.0526. The van der Waals surface area contributed by atoms with Crippen molar-refractivity contribution in [2.45, 2.75) is 19.9 Å². The van der Waals surface area contributed by atoms with E-state index in [9.17, 15) is 14.7 Å². The number of ketones is 1. The molecule has 3 aromatic rings. The monoisotopic (exact) mass is 456 g/mol. The van der Waals surface area contributed by atoms with Crippen LogP contribution in [0, 0.1) is 6.92 Å². The van der Waals surface area contributed by atoms with Gasteiger partial charge in [0.15, 0.2) is 0 Å². The number of amides is 1. The van der Waals surface area contributed by atoms with Crippen LogP contribution in [0.25, 0.3) is 5.76 Å². The fourth-order valence-corrected chi connectivity index (χ4v) is 4.13. The molecule has 34 heavy (non-hydrogen) atoms. The standard InChI is InChI=1S/C28H28N2O4/c1-5-34-23-8-6-7-20(17-23)26(31)24-25(19-11-15-21(16-12-19)29(3)4)30(28(33)27(24)32)22-13-9-18(2)10-14-22/h6-17,25,31H,5H2,1-4H3/b26-24-. The first-order valence-corrected chi connectivity index (χ1v) is 11.2. The molecule has 0 aromatic heterocycles. The van der Waals surface area contributed by atoms with Gasteiger partial charge in [-0.1, -0.05) is 42.0 Å². The zero-order valence-electron chi connectivity index (χ0n) is 19.8. The summed E-state index contributed by atoms with van der Waals surface area (Å²) in [6.45, 7) is 4.30. The van der Waals surface area contributed by atoms with Crippen LogP contribution < -0.4 is 14.5 Å². The maximum atomic E-state index is 13.3. The maximum absolute atomic E-state index is 13.3. The number of anilines is 2. The van der Waals surface area contributed by atoms with Gasteiger partial charge in [0.05, 0.1) is 18.2 Å². The summed E-state index contributed by atoms with van der Waals surface area (Å²) in [4.78, 5) is 30.0. The molecule has 1 unspecified atom stereocenters. The van der Waals surface area contributed by atoms with Crippen molar-refractivity contribution in [1.29, 1.82) is 0 Å². The Bertz CT molecular complexity index is 1240. The van der Waals surface area contributed by atoms with Gasteiger partial charge in [0.1, 0.15) is 11.5 Å². The minimum Gasteiger partial charge on any atom is -0.507 e. The summed E-state index contributed by atoms with van der Waals surface area (Å²) in [7, 11) is 3.89. The molecule has 0 aliphatic carbocycles. The Labute approximate surface area is 199 Å². The molecule has 1 amide bonds. The summed E-state index contributed by atoms with van der Waals surface area (Å²) in [5.41, 5.74) is 3.82. The molecule has 6 heteroatoms. The molecule has 1 aliphatic heterocycles. The predicted molar refractivity (Wildman–Crippen MR) is 134 cm³/mol. The minimum atomic E-state index is -0.769. The van der Waals surface area contributed by atoms with Gasteiger partial charge in [-0.3, -0.25) is 14.5 Å². The number of hydrogen-bond acceptors (Lipinski definition) is 5. The topological polar surface area (TPSA) is 70.1 Å². The molecule has 6 nitrogen and oxygen atoms in total. The van der Waals surface area contributed by atoms with Crippen molar-refractivity contribution in [3.05, 3.63) is 95.1 Å². The van der Waals surface area contributed by atoms with Crippen molar-refractivity contribution in [2.24, 2.45) is 0 Å². The van der Waals surface area contributed by atoms with Crippen LogP contribution in [-0.2, 0) is 9.59 Å². The number of aryl methyl sites for hydroxylation is 1. The van der Waals surface area contributed by atoms with Gasteiger partial charge in [-0.05, 0) is 55.8 Å². The lowest BCUT2D eigenvalue weighted by molar-refractivity contribution is -0.132. The first kappa shape index (κ1) is 23.1. The lowest BCUT2D eigenvalue weighted by Crippen LogP contribution is -2.29. The van der Waals surface area contributed by atoms with Crippen molar-refractivity contribution in [1.82, 2.24) is 0 Å². The Balaban J connectivity index is 1.90. The molecular formula is C28H28N2O4. The molecular weight excluding hydrogens is 428 g/mol. The fourth-order valence-electron chi connectivity index (χ4n) is 4.13. The van der Waals surface area contributed by atoms with E-state index >= 15 is 0 Å². The number of carbonyl (C=O) groups excluding carboxylic acids is 2. The van der Waals surface area contributed by atoms with Gasteiger partial charge < -0.3 is 14.7 Å². The van der Waals surface area contributed by atoms with Crippen molar-refractivity contribution in [2.75, 3.05) is 30.5 Å². The van der Waals surface area contributed by atoms with Gasteiger partial charge >= 0.3 is 0 Å². The van der Waals surface area contributed by atoms with Crippen molar-refractivity contribution >= 4 is 28.8 Å². The SMILES string of the molecule is CCOc1cccc(/C(O)=C2/C(=O)C(=O)N(c3ccc(C)cc3)C2c2ccc(N(C)C)cc2)c1. The van der Waals surface area contributed by atoms with Crippen LogP contribution in [0.2, 0.25) is 0 Å². The van der Waals surface area contributed by atoms with Gasteiger partial charge in [0, 0.05) is 31.0 Å². The number of aliphatic hydroxyl groups is 1. The molecule has 4 rings (SSSR count). The van der Waals surface area contributed by atoms with Gasteiger partial charge in [-0.15, -0.1) is 0 Å². The first-order chi connectivity index (χ1) is 16.3. The smallest absolute Gasteiger partial charge is 0.300 e. The molecule has 0 bridgehead atoms. The molecule has 3 aromatic carbocycles. The number of nitrogens with zero attached hydrogens (tertiary/aromatic N) is 2. The second-order valence-corrected chi connectivity index (χ2v) is 8.45. The highest BCUT2D eigenvalue weighted by Crippen LogP contribution is 2.42. The third kappa shape index (κ3) is 4.27. The lowest BCUT2D eigenvalue weighted by Gasteiger charge is -2.26. The second-order valence-electron chi connectivity index (χ2n) is 8.45. The van der Waals surface area contributed by atoms with Crippen LogP contribution in [0.5, 0.6) is 5.75 Å². The van der Waals surface area contributed by atoms with Crippen molar-refractivity contribution < 1.29 is 19.4 Å². The number of aliphatic hydroxyl groups excluding tert-OH is 1. The maximum Gasteiger partial charge on any atom is 0.300 e. The van der Waals surface area contributed by atoms with Gasteiger partial charge in [-0.2, -0.15) is 0 Å². The Hall–Kier alpha value is -4.06. The van der Waals surface area contributed by atoms with E-state index in [-0.39, 0.29) is 11.3 Å². The summed E-state index contributed by atoms with van der Waals surface area (Å²) >= 11 is 0. The first-order valence-electron chi connectivity index (χ1n) is 11.2. The van der Waals surface area contributed by atoms with E-state index in [0.29, 0.717) is 23.6 Å². The molecule has 0 spiro atoms. The molecule has 1 heterocycles. The number of rotatable bonds is 6. The summed E-state index contributed by atoms with van der Waals surface area (Å²) in [6.07, 6.45) is 0. The fraction of sp³-hybridized carbons (Fsp3) is 0.214. The third-order valence-electron chi connectivity index (χ3n) is 5.90. The van der Waals surface area contributed by atoms with Gasteiger partial charge in [-0.25, -0.2) is 0 Å². The zero-order valence-corrected chi connectivity index (χ0v) is 19.8. The molecule has 1 aliphatic rings. The second kappa shape index (κ2) is 9.43. The van der Waals surface area contributed by atoms with Crippen LogP contribution in [0.15, 0.2) is 78.4 Å². The van der Waals surface area contributed by atoms with E-state index in [1.807, 2.05) is 81.4 Å². The summed E-state index contributed by atoms with van der Waals surface area (Å²) < 4.78 is 5.56. The normalized spacial score (nSPS) is 17.2. The largest absolute Gasteiger partial charge is 0.507 e. The number of benzene rings is 3. The van der Waals surface area contributed by atoms with E-state index in [1.165, 1.54) is 4.90 Å². The number of ether oxygens (including phenoxy) is 1. The van der Waals surface area contributed by atoms with Crippen LogP contribution >= 0.6 is 0 Å². The molecule has 174 valence electrons. The van der Waals surface area contributed by atoms with Crippen LogP contribution in [0.4, 0.5) is 11.4 Å². The van der Waals surface area contributed by atoms with Crippen molar-refractivity contribution in [3.63, 3.8) is 0 Å². The van der Waals surface area contributed by atoms with Gasteiger partial charge in [0.2, 0.25) is 0 Å². The zero-order chi connectivity index (χ0) is 24.4. The molecule has 1 atom stereocenters. The summed E-state index contributed by atoms with van der Waals surface area (Å²) in [5.74, 6) is -1.04. The van der Waals surface area contributed by atoms with E-state index in [4.69, 9.17) is 4.74 Å². The van der Waals surface area contributed by atoms with E-state index < -0.39 is 17.7 Å². The van der Waals surface area contributed by atoms with E-state index in [2.05, 4.69) is 0 Å². The Morgan fingerprint density at radius 3 is 2.29 bits per heavy atom. The summed E-state index contributed by atoms with van der Waals surface area (Å²) in [5, 5.41) is 11.3. The third-order valence-corrected chi connectivity index (χ3v) is 5.90. The highest BCUT2D eigenvalue weighted by molar-refractivity contribution is 6.51. The Kier molecular flexibility index (Phi) is 6.41. The van der Waals surface area contributed by atoms with Crippen LogP contribution in [0.3, 0.4) is 0 Å². The molecule has 0 saturated carbocycles. The summed E-state index contributed by atoms with van der Waals surface area (Å²) in [6, 6.07) is 21.2. The highest BCUT2D eigenvalue weighted by atomic mass is 16.5. The van der Waals surface area contributed by atoms with E-state index in [0.717, 1.165) is 16.8 Å². The average Bonchev–Trinajstić information content (AvgIpc) is 3.10. The quantitative estimate of drug-likeness (QED) is 0.318. The Morgan fingerprint density at radius 1 is 1.00 bits per heavy atom. The molecule has 1 saturated heterocycles. The van der Waals surface area contributed by atoms with Gasteiger partial charge in [0.25, 0.3) is 11.7 Å². The number of hydrogen-bond donors (Lipinski definition) is 1. The number of Topliss-reactive ketones (excluding diaryl/α,β-unsaturated/α-hetero) is 1. The lowest BCUT2D eigenvalue weighted by atomic mass is 9.94. The van der Waals surface area contributed by atoms with Crippen LogP contribution in [-0.4, -0.2) is 37.5 Å². The molecule has 1 N–H and O–H groups in total. The van der Waals surface area contributed by atoms with Crippen molar-refractivity contribution in [3.8, 4) is 5.75 Å². The highest BCUT2D eigenvalue weighted by Gasteiger charge is 2.47. The molecule has 1 fully saturated rings. The predicted octanol–water partition coefficient (Wildman–Crippen LogP) is 5.09. The number of carbonyl (C=O) groups is 2.